The third-order valence-electron chi connectivity index (χ3n) is 2.80. The van der Waals surface area contributed by atoms with Crippen molar-refractivity contribution in [3.63, 3.8) is 0 Å². The molecule has 0 aliphatic carbocycles. The van der Waals surface area contributed by atoms with Gasteiger partial charge in [0.1, 0.15) is 0 Å². The molecule has 2 rings (SSSR count). The van der Waals surface area contributed by atoms with E-state index in [9.17, 15) is 4.79 Å². The van der Waals surface area contributed by atoms with E-state index in [0.29, 0.717) is 12.8 Å². The van der Waals surface area contributed by atoms with E-state index in [1.807, 2.05) is 31.2 Å². The van der Waals surface area contributed by atoms with Crippen LogP contribution >= 0.6 is 22.9 Å². The van der Waals surface area contributed by atoms with Gasteiger partial charge in [0.05, 0.1) is 17.1 Å². The Morgan fingerprint density at radius 3 is 2.84 bits per heavy atom. The zero-order valence-electron chi connectivity index (χ0n) is 10.5. The summed E-state index contributed by atoms with van der Waals surface area (Å²) in [5.41, 5.74) is 1.97. The van der Waals surface area contributed by atoms with Gasteiger partial charge in [0.15, 0.2) is 0 Å². The van der Waals surface area contributed by atoms with Crippen LogP contribution in [0.1, 0.15) is 27.6 Å². The minimum absolute atomic E-state index is 0.147. The second kappa shape index (κ2) is 6.17. The van der Waals surface area contributed by atoms with Crippen molar-refractivity contribution >= 4 is 28.9 Å². The first-order valence-corrected chi connectivity index (χ1v) is 7.16. The molecule has 0 aliphatic rings. The van der Waals surface area contributed by atoms with Crippen molar-refractivity contribution < 1.29 is 9.90 Å². The molecular weight excluding hydrogens is 282 g/mol. The number of hydrogen-bond donors (Lipinski definition) is 1. The molecule has 0 saturated carbocycles. The monoisotopic (exact) mass is 295 g/mol. The number of carboxylic acids is 1. The van der Waals surface area contributed by atoms with E-state index in [1.54, 1.807) is 11.3 Å². The first kappa shape index (κ1) is 14.0. The van der Waals surface area contributed by atoms with Crippen molar-refractivity contribution in [2.45, 2.75) is 26.2 Å². The summed E-state index contributed by atoms with van der Waals surface area (Å²) in [5.74, 6) is -0.777. The van der Waals surface area contributed by atoms with Crippen molar-refractivity contribution in [3.05, 3.63) is 50.4 Å². The van der Waals surface area contributed by atoms with E-state index in [0.717, 1.165) is 26.2 Å². The zero-order chi connectivity index (χ0) is 13.8. The molecule has 1 aromatic heterocycles. The van der Waals surface area contributed by atoms with Crippen LogP contribution in [-0.2, 0) is 17.6 Å². The Bertz CT molecular complexity index is 595. The van der Waals surface area contributed by atoms with Crippen LogP contribution in [0, 0.1) is 6.92 Å². The lowest BCUT2D eigenvalue weighted by Crippen LogP contribution is -1.96. The highest BCUT2D eigenvalue weighted by molar-refractivity contribution is 7.11. The number of aromatic nitrogens is 1. The average Bonchev–Trinajstić information content (AvgIpc) is 2.70. The van der Waals surface area contributed by atoms with Crippen molar-refractivity contribution in [2.24, 2.45) is 0 Å². The van der Waals surface area contributed by atoms with Crippen LogP contribution in [0.2, 0.25) is 5.02 Å². The van der Waals surface area contributed by atoms with E-state index in [-0.39, 0.29) is 6.42 Å². The molecule has 1 aromatic carbocycles. The highest BCUT2D eigenvalue weighted by atomic mass is 35.5. The van der Waals surface area contributed by atoms with Gasteiger partial charge in [0.2, 0.25) is 0 Å². The maximum Gasteiger partial charge on any atom is 0.303 e. The lowest BCUT2D eigenvalue weighted by Gasteiger charge is -2.00. The fourth-order valence-electron chi connectivity index (χ4n) is 1.82. The summed E-state index contributed by atoms with van der Waals surface area (Å²) in [6.07, 6.45) is 1.38. The van der Waals surface area contributed by atoms with E-state index in [1.165, 1.54) is 0 Å². The van der Waals surface area contributed by atoms with Gasteiger partial charge in [-0.3, -0.25) is 4.79 Å². The van der Waals surface area contributed by atoms with Gasteiger partial charge in [-0.15, -0.1) is 11.3 Å². The van der Waals surface area contributed by atoms with E-state index in [2.05, 4.69) is 4.98 Å². The van der Waals surface area contributed by atoms with Crippen LogP contribution < -0.4 is 0 Å². The molecule has 0 unspecified atom stereocenters. The van der Waals surface area contributed by atoms with Gasteiger partial charge < -0.3 is 5.11 Å². The van der Waals surface area contributed by atoms with Crippen molar-refractivity contribution in [2.75, 3.05) is 0 Å². The van der Waals surface area contributed by atoms with Crippen molar-refractivity contribution in [3.8, 4) is 0 Å². The number of halogens is 1. The summed E-state index contributed by atoms with van der Waals surface area (Å²) < 4.78 is 0. The van der Waals surface area contributed by atoms with Gasteiger partial charge in [-0.05, 0) is 25.0 Å². The molecule has 100 valence electrons. The molecule has 0 aliphatic heterocycles. The molecule has 0 bridgehead atoms. The summed E-state index contributed by atoms with van der Waals surface area (Å²) in [4.78, 5) is 16.1. The summed E-state index contributed by atoms with van der Waals surface area (Å²) in [5, 5.41) is 10.4. The van der Waals surface area contributed by atoms with Gasteiger partial charge in [0.25, 0.3) is 0 Å². The topological polar surface area (TPSA) is 50.2 Å². The molecule has 2 aromatic rings. The average molecular weight is 296 g/mol. The molecule has 0 saturated heterocycles. The minimum Gasteiger partial charge on any atom is -0.481 e. The number of nitrogens with zero attached hydrogens (tertiary/aromatic N) is 1. The molecule has 0 spiro atoms. The normalized spacial score (nSPS) is 10.6. The Kier molecular flexibility index (Phi) is 4.56. The Labute approximate surface area is 120 Å². The molecule has 1 N–H and O–H groups in total. The fourth-order valence-corrected chi connectivity index (χ4v) is 3.12. The lowest BCUT2D eigenvalue weighted by molar-refractivity contribution is -0.136. The van der Waals surface area contributed by atoms with E-state index >= 15 is 0 Å². The van der Waals surface area contributed by atoms with Crippen LogP contribution in [0.3, 0.4) is 0 Å². The third-order valence-corrected chi connectivity index (χ3v) is 4.39. The summed E-state index contributed by atoms with van der Waals surface area (Å²) in [6.45, 7) is 1.92. The Hall–Kier alpha value is -1.39. The summed E-state index contributed by atoms with van der Waals surface area (Å²) >= 11 is 7.69. The molecule has 0 fully saturated rings. The SMILES string of the molecule is Cc1nc(Cc2ccccc2Cl)sc1CCC(=O)O. The first-order valence-electron chi connectivity index (χ1n) is 5.96. The van der Waals surface area contributed by atoms with Crippen LogP contribution in [0.5, 0.6) is 0 Å². The summed E-state index contributed by atoms with van der Waals surface area (Å²) in [7, 11) is 0. The quantitative estimate of drug-likeness (QED) is 0.915. The van der Waals surface area contributed by atoms with Crippen LogP contribution in [0.25, 0.3) is 0 Å². The Morgan fingerprint density at radius 2 is 2.16 bits per heavy atom. The fraction of sp³-hybridized carbons (Fsp3) is 0.286. The van der Waals surface area contributed by atoms with Crippen molar-refractivity contribution in [1.29, 1.82) is 0 Å². The number of carboxylic acid groups (broad SMARTS) is 1. The highest BCUT2D eigenvalue weighted by Gasteiger charge is 2.10. The maximum atomic E-state index is 10.6. The summed E-state index contributed by atoms with van der Waals surface area (Å²) in [6, 6.07) is 7.70. The molecule has 0 amide bonds. The van der Waals surface area contributed by atoms with Crippen molar-refractivity contribution in [1.82, 2.24) is 4.98 Å². The molecule has 19 heavy (non-hydrogen) atoms. The van der Waals surface area contributed by atoms with Gasteiger partial charge in [0, 0.05) is 16.3 Å². The number of aliphatic carboxylic acids is 1. The molecule has 1 heterocycles. The van der Waals surface area contributed by atoms with Gasteiger partial charge in [-0.25, -0.2) is 4.98 Å². The first-order chi connectivity index (χ1) is 9.06. The number of thiazole rings is 1. The van der Waals surface area contributed by atoms with Gasteiger partial charge in [-0.1, -0.05) is 29.8 Å². The zero-order valence-corrected chi connectivity index (χ0v) is 12.1. The Balaban J connectivity index is 2.12. The molecule has 3 nitrogen and oxygen atoms in total. The number of aryl methyl sites for hydroxylation is 2. The molecule has 5 heteroatoms. The van der Waals surface area contributed by atoms with Crippen LogP contribution in [-0.4, -0.2) is 16.1 Å². The second-order valence-electron chi connectivity index (χ2n) is 4.28. The second-order valence-corrected chi connectivity index (χ2v) is 5.85. The molecule has 0 atom stereocenters. The predicted octanol–water partition coefficient (Wildman–Crippen LogP) is 3.71. The third kappa shape index (κ3) is 3.78. The Morgan fingerprint density at radius 1 is 1.42 bits per heavy atom. The van der Waals surface area contributed by atoms with Gasteiger partial charge >= 0.3 is 5.97 Å². The number of rotatable bonds is 5. The molecular formula is C14H14ClNO2S. The van der Waals surface area contributed by atoms with E-state index < -0.39 is 5.97 Å². The lowest BCUT2D eigenvalue weighted by atomic mass is 10.1. The van der Waals surface area contributed by atoms with Crippen LogP contribution in [0.4, 0.5) is 0 Å². The maximum absolute atomic E-state index is 10.6. The van der Waals surface area contributed by atoms with Gasteiger partial charge in [-0.2, -0.15) is 0 Å². The minimum atomic E-state index is -0.777. The smallest absolute Gasteiger partial charge is 0.303 e. The predicted molar refractivity (Wildman–Crippen MR) is 77.1 cm³/mol. The number of benzene rings is 1. The highest BCUT2D eigenvalue weighted by Crippen LogP contribution is 2.24. The standard InChI is InChI=1S/C14H14ClNO2S/c1-9-12(6-7-14(17)18)19-13(16-9)8-10-4-2-3-5-11(10)15/h2-5H,6-8H2,1H3,(H,17,18). The number of hydrogen-bond acceptors (Lipinski definition) is 3. The van der Waals surface area contributed by atoms with Crippen LogP contribution in [0.15, 0.2) is 24.3 Å². The van der Waals surface area contributed by atoms with E-state index in [4.69, 9.17) is 16.7 Å². The number of carbonyl (C=O) groups is 1. The molecule has 0 radical (unpaired) electrons. The largest absolute Gasteiger partial charge is 0.481 e.